The highest BCUT2D eigenvalue weighted by atomic mass is 35.5. The molecule has 0 atom stereocenters. The van der Waals surface area contributed by atoms with Gasteiger partial charge in [-0.1, -0.05) is 35.7 Å². The topological polar surface area (TPSA) is 52.6 Å². The summed E-state index contributed by atoms with van der Waals surface area (Å²) in [5, 5.41) is 13.0. The molecule has 32 heavy (non-hydrogen) atoms. The first-order valence-electron chi connectivity index (χ1n) is 11.4. The average Bonchev–Trinajstić information content (AvgIpc) is 2.82. The molecule has 4 nitrogen and oxygen atoms in total. The van der Waals surface area contributed by atoms with Gasteiger partial charge in [-0.2, -0.15) is 0 Å². The number of hydrogen-bond donors (Lipinski definition) is 2. The van der Waals surface area contributed by atoms with Crippen molar-refractivity contribution < 1.29 is 9.90 Å². The Kier molecular flexibility index (Phi) is 9.17. The summed E-state index contributed by atoms with van der Waals surface area (Å²) in [6, 6.07) is 13.9. The predicted molar refractivity (Wildman–Crippen MR) is 131 cm³/mol. The molecule has 1 aliphatic rings. The molecule has 0 heterocycles. The highest BCUT2D eigenvalue weighted by Crippen LogP contribution is 2.37. The van der Waals surface area contributed by atoms with E-state index >= 15 is 0 Å². The van der Waals surface area contributed by atoms with Crippen molar-refractivity contribution in [3.63, 3.8) is 0 Å². The minimum atomic E-state index is -0.0211. The molecule has 3 rings (SSSR count). The van der Waals surface area contributed by atoms with Crippen LogP contribution in [0.3, 0.4) is 0 Å². The Morgan fingerprint density at radius 2 is 1.91 bits per heavy atom. The lowest BCUT2D eigenvalue weighted by Crippen LogP contribution is -2.42. The fourth-order valence-electron chi connectivity index (χ4n) is 4.76. The van der Waals surface area contributed by atoms with E-state index in [4.69, 9.17) is 23.1 Å². The van der Waals surface area contributed by atoms with E-state index in [-0.39, 0.29) is 18.6 Å². The molecular formula is C27H33ClN2O2. The second-order valence-electron chi connectivity index (χ2n) is 8.54. The molecule has 5 heteroatoms. The summed E-state index contributed by atoms with van der Waals surface area (Å²) in [5.74, 6) is 3.14. The van der Waals surface area contributed by atoms with Crippen LogP contribution in [0.15, 0.2) is 42.5 Å². The van der Waals surface area contributed by atoms with Crippen LogP contribution in [0.4, 0.5) is 0 Å². The van der Waals surface area contributed by atoms with Crippen molar-refractivity contribution in [1.82, 2.24) is 10.2 Å². The van der Waals surface area contributed by atoms with Crippen molar-refractivity contribution in [3.8, 4) is 12.3 Å². The molecule has 0 saturated heterocycles. The van der Waals surface area contributed by atoms with Crippen LogP contribution in [0, 0.1) is 12.3 Å². The normalized spacial score (nSPS) is 18.2. The first-order chi connectivity index (χ1) is 15.6. The van der Waals surface area contributed by atoms with Crippen LogP contribution in [-0.2, 0) is 13.0 Å². The molecule has 0 aliphatic heterocycles. The number of hydrogen-bond acceptors (Lipinski definition) is 3. The highest BCUT2D eigenvalue weighted by Gasteiger charge is 2.30. The number of aryl methyl sites for hydroxylation is 1. The van der Waals surface area contributed by atoms with Crippen LogP contribution in [-0.4, -0.2) is 42.2 Å². The number of nitrogens with one attached hydrogen (secondary N) is 1. The quantitative estimate of drug-likeness (QED) is 0.538. The molecule has 170 valence electrons. The zero-order valence-corrected chi connectivity index (χ0v) is 19.6. The summed E-state index contributed by atoms with van der Waals surface area (Å²) in [6.07, 6.45) is 11.2. The molecule has 2 aromatic rings. The van der Waals surface area contributed by atoms with Gasteiger partial charge in [0.05, 0.1) is 6.54 Å². The minimum absolute atomic E-state index is 0.0211. The molecule has 0 aromatic heterocycles. The Balaban J connectivity index is 1.70. The van der Waals surface area contributed by atoms with Crippen molar-refractivity contribution in [3.05, 3.63) is 69.7 Å². The van der Waals surface area contributed by atoms with E-state index in [0.717, 1.165) is 45.1 Å². The van der Waals surface area contributed by atoms with E-state index in [1.165, 1.54) is 16.7 Å². The number of terminal acetylenes is 1. The van der Waals surface area contributed by atoms with Crippen LogP contribution in [0.2, 0.25) is 5.02 Å². The standard InChI is InChI=1S/C27H33ClN2O2/c1-3-16-30(27(32)22-7-11-24(28)12-8-22)25-13-9-21(10-14-25)26-15-6-20(5-4-17-31)18-23(26)19-29-2/h1,6-8,11-12,15,18,21,25,29,31H,4-5,9-10,13-14,16-17,19H2,2H3. The third-order valence-electron chi connectivity index (χ3n) is 6.39. The zero-order chi connectivity index (χ0) is 22.9. The Morgan fingerprint density at radius 3 is 2.53 bits per heavy atom. The summed E-state index contributed by atoms with van der Waals surface area (Å²) >= 11 is 5.98. The lowest BCUT2D eigenvalue weighted by molar-refractivity contribution is 0.0660. The lowest BCUT2D eigenvalue weighted by Gasteiger charge is -2.37. The molecule has 1 amide bonds. The number of halogens is 1. The van der Waals surface area contributed by atoms with E-state index in [1.807, 2.05) is 11.9 Å². The minimum Gasteiger partial charge on any atom is -0.396 e. The van der Waals surface area contributed by atoms with Gasteiger partial charge in [0.1, 0.15) is 0 Å². The van der Waals surface area contributed by atoms with Gasteiger partial charge in [-0.05, 0) is 92.4 Å². The maximum absolute atomic E-state index is 13.1. The summed E-state index contributed by atoms with van der Waals surface area (Å²) in [4.78, 5) is 15.0. The molecule has 0 radical (unpaired) electrons. The van der Waals surface area contributed by atoms with Gasteiger partial charge in [0.15, 0.2) is 0 Å². The van der Waals surface area contributed by atoms with Gasteiger partial charge in [0.25, 0.3) is 5.91 Å². The van der Waals surface area contributed by atoms with Crippen LogP contribution in [0.5, 0.6) is 0 Å². The summed E-state index contributed by atoms with van der Waals surface area (Å²) in [7, 11) is 1.97. The van der Waals surface area contributed by atoms with Crippen molar-refractivity contribution in [2.24, 2.45) is 0 Å². The molecule has 1 fully saturated rings. The maximum Gasteiger partial charge on any atom is 0.254 e. The molecule has 0 spiro atoms. The van der Waals surface area contributed by atoms with Gasteiger partial charge in [0.2, 0.25) is 0 Å². The van der Waals surface area contributed by atoms with Crippen molar-refractivity contribution in [1.29, 1.82) is 0 Å². The van der Waals surface area contributed by atoms with Crippen LogP contribution in [0.1, 0.15) is 65.1 Å². The summed E-state index contributed by atoms with van der Waals surface area (Å²) in [6.45, 7) is 1.37. The van der Waals surface area contributed by atoms with Gasteiger partial charge in [-0.3, -0.25) is 4.79 Å². The van der Waals surface area contributed by atoms with Gasteiger partial charge in [-0.25, -0.2) is 0 Å². The van der Waals surface area contributed by atoms with Crippen molar-refractivity contribution in [2.45, 2.75) is 57.0 Å². The third kappa shape index (κ3) is 6.13. The molecule has 0 unspecified atom stereocenters. The van der Waals surface area contributed by atoms with E-state index in [1.54, 1.807) is 24.3 Å². The number of carbonyl (C=O) groups excluding carboxylic acids is 1. The number of rotatable bonds is 9. The molecular weight excluding hydrogens is 420 g/mol. The Morgan fingerprint density at radius 1 is 1.19 bits per heavy atom. The predicted octanol–water partition coefficient (Wildman–Crippen LogP) is 4.79. The van der Waals surface area contributed by atoms with Crippen LogP contribution >= 0.6 is 11.6 Å². The molecule has 1 saturated carbocycles. The van der Waals surface area contributed by atoms with Crippen molar-refractivity contribution >= 4 is 17.5 Å². The molecule has 1 aliphatic carbocycles. The fourth-order valence-corrected chi connectivity index (χ4v) is 4.89. The van der Waals surface area contributed by atoms with E-state index in [2.05, 4.69) is 29.4 Å². The number of amides is 1. The van der Waals surface area contributed by atoms with Gasteiger partial charge in [-0.15, -0.1) is 6.42 Å². The third-order valence-corrected chi connectivity index (χ3v) is 6.64. The fraction of sp³-hybridized carbons (Fsp3) is 0.444. The lowest BCUT2D eigenvalue weighted by atomic mass is 9.79. The Labute approximate surface area is 197 Å². The Hall–Kier alpha value is -2.32. The van der Waals surface area contributed by atoms with E-state index in [0.29, 0.717) is 23.0 Å². The Bertz CT molecular complexity index is 928. The average molecular weight is 453 g/mol. The summed E-state index contributed by atoms with van der Waals surface area (Å²) in [5.41, 5.74) is 4.64. The first kappa shape index (κ1) is 24.3. The van der Waals surface area contributed by atoms with Crippen LogP contribution < -0.4 is 5.32 Å². The molecule has 2 N–H and O–H groups in total. The number of carbonyl (C=O) groups is 1. The van der Waals surface area contributed by atoms with Gasteiger partial charge in [0, 0.05) is 29.8 Å². The van der Waals surface area contributed by atoms with E-state index < -0.39 is 0 Å². The number of aliphatic hydroxyl groups is 1. The first-order valence-corrected chi connectivity index (χ1v) is 11.8. The molecule has 0 bridgehead atoms. The summed E-state index contributed by atoms with van der Waals surface area (Å²) < 4.78 is 0. The largest absolute Gasteiger partial charge is 0.396 e. The number of benzene rings is 2. The van der Waals surface area contributed by atoms with Crippen LogP contribution in [0.25, 0.3) is 0 Å². The number of aliphatic hydroxyl groups excluding tert-OH is 1. The smallest absolute Gasteiger partial charge is 0.254 e. The highest BCUT2D eigenvalue weighted by molar-refractivity contribution is 6.30. The monoisotopic (exact) mass is 452 g/mol. The van der Waals surface area contributed by atoms with Crippen molar-refractivity contribution in [2.75, 3.05) is 20.2 Å². The second-order valence-corrected chi connectivity index (χ2v) is 8.98. The number of nitrogens with zero attached hydrogens (tertiary/aromatic N) is 1. The zero-order valence-electron chi connectivity index (χ0n) is 18.8. The van der Waals surface area contributed by atoms with Gasteiger partial charge >= 0.3 is 0 Å². The SMILES string of the molecule is C#CCN(C(=O)c1ccc(Cl)cc1)C1CCC(c2ccc(CCCO)cc2CNC)CC1. The second kappa shape index (κ2) is 12.1. The van der Waals surface area contributed by atoms with E-state index in [9.17, 15) is 4.79 Å². The molecule has 2 aromatic carbocycles. The van der Waals surface area contributed by atoms with Gasteiger partial charge < -0.3 is 15.3 Å². The maximum atomic E-state index is 13.1.